The Morgan fingerprint density at radius 1 is 0.962 bits per heavy atom. The zero-order valence-electron chi connectivity index (χ0n) is 15.3. The maximum absolute atomic E-state index is 12.3. The molecule has 0 heterocycles. The van der Waals surface area contributed by atoms with E-state index in [1.165, 1.54) is 11.1 Å². The summed E-state index contributed by atoms with van der Waals surface area (Å²) in [4.78, 5) is 12.3. The van der Waals surface area contributed by atoms with Crippen molar-refractivity contribution < 1.29 is 9.53 Å². The summed E-state index contributed by atoms with van der Waals surface area (Å²) >= 11 is 0. The van der Waals surface area contributed by atoms with Crippen LogP contribution in [0.25, 0.3) is 0 Å². The SMILES string of the molecule is CC1CCC(C(=O)Oc2ccc(CCc3ccc(C#N)cc3)cc2)CC1. The summed E-state index contributed by atoms with van der Waals surface area (Å²) in [5.74, 6) is 1.34. The Kier molecular flexibility index (Phi) is 6.07. The zero-order valence-corrected chi connectivity index (χ0v) is 15.3. The first-order valence-electron chi connectivity index (χ1n) is 9.43. The van der Waals surface area contributed by atoms with Crippen LogP contribution in [0.3, 0.4) is 0 Å². The Morgan fingerprint density at radius 2 is 1.50 bits per heavy atom. The summed E-state index contributed by atoms with van der Waals surface area (Å²) in [5.41, 5.74) is 3.11. The fourth-order valence-electron chi connectivity index (χ4n) is 3.45. The summed E-state index contributed by atoms with van der Waals surface area (Å²) in [5, 5.41) is 8.83. The molecule has 0 saturated heterocycles. The van der Waals surface area contributed by atoms with Crippen molar-refractivity contribution in [1.29, 1.82) is 5.26 Å². The molecule has 0 amide bonds. The predicted molar refractivity (Wildman–Crippen MR) is 102 cm³/mol. The minimum absolute atomic E-state index is 0.0576. The average Bonchev–Trinajstić information content (AvgIpc) is 2.68. The van der Waals surface area contributed by atoms with Gasteiger partial charge in [-0.15, -0.1) is 0 Å². The molecule has 0 spiro atoms. The molecule has 1 aliphatic carbocycles. The van der Waals surface area contributed by atoms with Gasteiger partial charge in [-0.3, -0.25) is 4.79 Å². The standard InChI is InChI=1S/C23H25NO2/c1-17-2-12-21(13-3-17)23(25)26-22-14-10-19(11-15-22)5-4-18-6-8-20(16-24)9-7-18/h6-11,14-15,17,21H,2-5,12-13H2,1H3. The zero-order chi connectivity index (χ0) is 18.4. The highest BCUT2D eigenvalue weighted by Crippen LogP contribution is 2.29. The van der Waals surface area contributed by atoms with Crippen LogP contribution in [0.5, 0.6) is 5.75 Å². The van der Waals surface area contributed by atoms with E-state index in [4.69, 9.17) is 10.00 Å². The Labute approximate surface area is 155 Å². The maximum atomic E-state index is 12.3. The van der Waals surface area contributed by atoms with Crippen molar-refractivity contribution in [3.63, 3.8) is 0 Å². The Hall–Kier alpha value is -2.60. The van der Waals surface area contributed by atoms with Gasteiger partial charge in [0.15, 0.2) is 0 Å². The molecule has 0 atom stereocenters. The number of benzene rings is 2. The molecule has 3 nitrogen and oxygen atoms in total. The molecule has 0 radical (unpaired) electrons. The largest absolute Gasteiger partial charge is 0.426 e. The van der Waals surface area contributed by atoms with Gasteiger partial charge in [0.05, 0.1) is 17.6 Å². The van der Waals surface area contributed by atoms with E-state index >= 15 is 0 Å². The first-order valence-corrected chi connectivity index (χ1v) is 9.43. The molecule has 0 aliphatic heterocycles. The van der Waals surface area contributed by atoms with Gasteiger partial charge < -0.3 is 4.74 Å². The fourth-order valence-corrected chi connectivity index (χ4v) is 3.45. The molecular formula is C23H25NO2. The number of hydrogen-bond acceptors (Lipinski definition) is 3. The monoisotopic (exact) mass is 347 g/mol. The molecule has 3 rings (SSSR count). The fraction of sp³-hybridized carbons (Fsp3) is 0.391. The van der Waals surface area contributed by atoms with Crippen molar-refractivity contribution in [2.75, 3.05) is 0 Å². The predicted octanol–water partition coefficient (Wildman–Crippen LogP) is 5.08. The van der Waals surface area contributed by atoms with E-state index in [2.05, 4.69) is 13.0 Å². The molecule has 0 aromatic heterocycles. The molecule has 134 valence electrons. The van der Waals surface area contributed by atoms with E-state index in [0.717, 1.165) is 44.4 Å². The van der Waals surface area contributed by atoms with Gasteiger partial charge in [-0.25, -0.2) is 0 Å². The van der Waals surface area contributed by atoms with E-state index in [9.17, 15) is 4.79 Å². The summed E-state index contributed by atoms with van der Waals surface area (Å²) in [6, 6.07) is 17.7. The summed E-state index contributed by atoms with van der Waals surface area (Å²) in [7, 11) is 0. The first-order chi connectivity index (χ1) is 12.6. The number of hydrogen-bond donors (Lipinski definition) is 0. The highest BCUT2D eigenvalue weighted by atomic mass is 16.5. The lowest BCUT2D eigenvalue weighted by Gasteiger charge is -2.24. The van der Waals surface area contributed by atoms with Crippen LogP contribution < -0.4 is 4.74 Å². The van der Waals surface area contributed by atoms with Crippen molar-refractivity contribution in [2.24, 2.45) is 11.8 Å². The highest BCUT2D eigenvalue weighted by Gasteiger charge is 2.25. The van der Waals surface area contributed by atoms with Gasteiger partial charge in [0.1, 0.15) is 5.75 Å². The number of aryl methyl sites for hydroxylation is 2. The van der Waals surface area contributed by atoms with Crippen molar-refractivity contribution in [3.8, 4) is 11.8 Å². The molecule has 1 aliphatic rings. The molecule has 26 heavy (non-hydrogen) atoms. The number of esters is 1. The normalized spacial score (nSPS) is 19.5. The molecule has 0 N–H and O–H groups in total. The van der Waals surface area contributed by atoms with Crippen molar-refractivity contribution >= 4 is 5.97 Å². The van der Waals surface area contributed by atoms with Crippen LogP contribution in [0, 0.1) is 23.2 Å². The second-order valence-electron chi connectivity index (χ2n) is 7.33. The molecule has 2 aromatic carbocycles. The second kappa shape index (κ2) is 8.67. The number of ether oxygens (including phenoxy) is 1. The third-order valence-electron chi connectivity index (χ3n) is 5.28. The van der Waals surface area contributed by atoms with Gasteiger partial charge in [-0.1, -0.05) is 31.2 Å². The van der Waals surface area contributed by atoms with Crippen LogP contribution in [0.4, 0.5) is 0 Å². The first kappa shape index (κ1) is 18.2. The van der Waals surface area contributed by atoms with Crippen molar-refractivity contribution in [3.05, 3.63) is 65.2 Å². The average molecular weight is 347 g/mol. The lowest BCUT2D eigenvalue weighted by molar-refractivity contribution is -0.140. The van der Waals surface area contributed by atoms with Crippen molar-refractivity contribution in [1.82, 2.24) is 0 Å². The molecule has 0 unspecified atom stereocenters. The Balaban J connectivity index is 1.50. The van der Waals surface area contributed by atoms with Crippen LogP contribution >= 0.6 is 0 Å². The van der Waals surface area contributed by atoms with E-state index in [-0.39, 0.29) is 11.9 Å². The van der Waals surface area contributed by atoms with Gasteiger partial charge >= 0.3 is 5.97 Å². The van der Waals surface area contributed by atoms with Gasteiger partial charge in [-0.2, -0.15) is 5.26 Å². The number of nitriles is 1. The Bertz CT molecular complexity index is 763. The number of carbonyl (C=O) groups is 1. The lowest BCUT2D eigenvalue weighted by atomic mass is 9.83. The third-order valence-corrected chi connectivity index (χ3v) is 5.28. The molecule has 1 fully saturated rings. The smallest absolute Gasteiger partial charge is 0.314 e. The topological polar surface area (TPSA) is 50.1 Å². The Morgan fingerprint density at radius 3 is 2.04 bits per heavy atom. The minimum atomic E-state index is -0.0813. The van der Waals surface area contributed by atoms with E-state index in [0.29, 0.717) is 11.3 Å². The van der Waals surface area contributed by atoms with Gasteiger partial charge in [0.25, 0.3) is 0 Å². The van der Waals surface area contributed by atoms with Gasteiger partial charge in [0.2, 0.25) is 0 Å². The van der Waals surface area contributed by atoms with Crippen LogP contribution in [-0.4, -0.2) is 5.97 Å². The summed E-state index contributed by atoms with van der Waals surface area (Å²) in [6.45, 7) is 2.25. The summed E-state index contributed by atoms with van der Waals surface area (Å²) in [6.07, 6.45) is 5.97. The number of rotatable bonds is 5. The minimum Gasteiger partial charge on any atom is -0.426 e. The van der Waals surface area contributed by atoms with Gasteiger partial charge in [-0.05, 0) is 79.8 Å². The van der Waals surface area contributed by atoms with Crippen LogP contribution in [0.2, 0.25) is 0 Å². The van der Waals surface area contributed by atoms with Crippen molar-refractivity contribution in [2.45, 2.75) is 45.4 Å². The number of carbonyl (C=O) groups excluding carboxylic acids is 1. The van der Waals surface area contributed by atoms with E-state index in [1.807, 2.05) is 48.5 Å². The van der Waals surface area contributed by atoms with Crippen LogP contribution in [0.15, 0.2) is 48.5 Å². The van der Waals surface area contributed by atoms with E-state index < -0.39 is 0 Å². The molecule has 3 heteroatoms. The van der Waals surface area contributed by atoms with Gasteiger partial charge in [0, 0.05) is 0 Å². The second-order valence-corrected chi connectivity index (χ2v) is 7.33. The summed E-state index contributed by atoms with van der Waals surface area (Å²) < 4.78 is 5.56. The maximum Gasteiger partial charge on any atom is 0.314 e. The van der Waals surface area contributed by atoms with Crippen LogP contribution in [0.1, 0.15) is 49.3 Å². The van der Waals surface area contributed by atoms with E-state index in [1.54, 1.807) is 0 Å². The number of nitrogens with zero attached hydrogens (tertiary/aromatic N) is 1. The quantitative estimate of drug-likeness (QED) is 0.560. The van der Waals surface area contributed by atoms with Crippen LogP contribution in [-0.2, 0) is 17.6 Å². The lowest BCUT2D eigenvalue weighted by Crippen LogP contribution is -2.24. The molecule has 2 aromatic rings. The molecular weight excluding hydrogens is 322 g/mol. The highest BCUT2D eigenvalue weighted by molar-refractivity contribution is 5.75. The molecule has 1 saturated carbocycles. The molecule has 0 bridgehead atoms. The third kappa shape index (κ3) is 4.95.